The molecule has 2 aromatic carbocycles. The highest BCUT2D eigenvalue weighted by Crippen LogP contribution is 2.14. The predicted molar refractivity (Wildman–Crippen MR) is 96.2 cm³/mol. The van der Waals surface area contributed by atoms with E-state index in [1.165, 1.54) is 11.3 Å². The van der Waals surface area contributed by atoms with Crippen LogP contribution < -0.4 is 9.47 Å². The number of aromatic nitrogens is 1. The van der Waals surface area contributed by atoms with E-state index in [4.69, 9.17) is 4.42 Å². The topological polar surface area (TPSA) is 20.3 Å². The average Bonchev–Trinajstić information content (AvgIpc) is 2.89. The highest BCUT2D eigenvalue weighted by atomic mass is 16.3. The van der Waals surface area contributed by atoms with Gasteiger partial charge in [0.15, 0.2) is 0 Å². The molecule has 0 bridgehead atoms. The molecule has 0 atom stereocenters. The summed E-state index contributed by atoms with van der Waals surface area (Å²) in [5.41, 5.74) is 4.37. The fraction of sp³-hybridized carbons (Fsp3) is 0.150. The van der Waals surface area contributed by atoms with Crippen molar-refractivity contribution in [3.63, 3.8) is 0 Å². The molecule has 0 fully saturated rings. The molecule has 3 aromatic rings. The summed E-state index contributed by atoms with van der Waals surface area (Å²) in [5.74, 6) is 0.832. The highest BCUT2D eigenvalue weighted by Gasteiger charge is 2.14. The Balaban J connectivity index is 1.73. The van der Waals surface area contributed by atoms with Crippen molar-refractivity contribution in [1.82, 2.24) is 0 Å². The number of nitrogens with zero attached hydrogens (tertiary/aromatic N) is 2. The first-order valence-corrected chi connectivity index (χ1v) is 7.65. The Morgan fingerprint density at radius 2 is 1.61 bits per heavy atom. The summed E-state index contributed by atoms with van der Waals surface area (Å²) in [4.78, 5) is 2.09. The summed E-state index contributed by atoms with van der Waals surface area (Å²) in [7, 11) is 6.09. The smallest absolute Gasteiger partial charge is 0.373 e. The molecule has 0 aliphatic carbocycles. The molecular formula is C20H21N2O+. The number of aryl methyl sites for hydroxylation is 1. The summed E-state index contributed by atoms with van der Waals surface area (Å²) in [6.07, 6.45) is 8.08. The predicted octanol–water partition coefficient (Wildman–Crippen LogP) is 4.05. The van der Waals surface area contributed by atoms with Crippen LogP contribution in [0.15, 0.2) is 65.1 Å². The Morgan fingerprint density at radius 3 is 2.30 bits per heavy atom. The van der Waals surface area contributed by atoms with Gasteiger partial charge in [-0.25, -0.2) is 0 Å². The summed E-state index contributed by atoms with van der Waals surface area (Å²) in [5, 5.41) is 0. The second-order valence-corrected chi connectivity index (χ2v) is 5.67. The molecule has 0 spiro atoms. The molecule has 3 rings (SSSR count). The third-order valence-corrected chi connectivity index (χ3v) is 3.82. The van der Waals surface area contributed by atoms with Gasteiger partial charge >= 0.3 is 5.89 Å². The number of fused-ring (bicyclic) bond motifs is 1. The SMILES string of the molecule is CN(C)c1ccc(C=CC=Cc2oc3ccccc3[n+]2C)cc1. The molecule has 0 aliphatic rings. The zero-order valence-corrected chi connectivity index (χ0v) is 13.7. The maximum absolute atomic E-state index is 5.83. The van der Waals surface area contributed by atoms with Crippen LogP contribution in [0.3, 0.4) is 0 Å². The van der Waals surface area contributed by atoms with Crippen LogP contribution >= 0.6 is 0 Å². The van der Waals surface area contributed by atoms with Crippen molar-refractivity contribution in [2.75, 3.05) is 19.0 Å². The Kier molecular flexibility index (Phi) is 4.29. The molecular weight excluding hydrogens is 284 g/mol. The van der Waals surface area contributed by atoms with Crippen LogP contribution in [0.1, 0.15) is 11.5 Å². The van der Waals surface area contributed by atoms with E-state index in [0.29, 0.717) is 0 Å². The number of allylic oxidation sites excluding steroid dienone is 2. The lowest BCUT2D eigenvalue weighted by atomic mass is 10.2. The van der Waals surface area contributed by atoms with Crippen molar-refractivity contribution >= 4 is 28.9 Å². The minimum Gasteiger partial charge on any atom is -0.398 e. The molecule has 0 aliphatic heterocycles. The van der Waals surface area contributed by atoms with Crippen molar-refractivity contribution in [1.29, 1.82) is 0 Å². The van der Waals surface area contributed by atoms with Crippen molar-refractivity contribution in [3.05, 3.63) is 72.1 Å². The van der Waals surface area contributed by atoms with E-state index in [9.17, 15) is 0 Å². The zero-order valence-electron chi connectivity index (χ0n) is 13.7. The largest absolute Gasteiger partial charge is 0.398 e. The van der Waals surface area contributed by atoms with Crippen molar-refractivity contribution in [3.8, 4) is 0 Å². The molecule has 0 unspecified atom stereocenters. The summed E-state index contributed by atoms with van der Waals surface area (Å²) in [6.45, 7) is 0. The lowest BCUT2D eigenvalue weighted by Crippen LogP contribution is -2.29. The molecule has 3 heteroatoms. The maximum atomic E-state index is 5.83. The van der Waals surface area contributed by atoms with Crippen LogP contribution in [0.4, 0.5) is 5.69 Å². The van der Waals surface area contributed by atoms with Crippen molar-refractivity contribution in [2.24, 2.45) is 7.05 Å². The number of para-hydroxylation sites is 2. The van der Waals surface area contributed by atoms with Gasteiger partial charge in [-0.15, -0.1) is 0 Å². The second kappa shape index (κ2) is 6.53. The Hall–Kier alpha value is -2.81. The first kappa shape index (κ1) is 15.1. The second-order valence-electron chi connectivity index (χ2n) is 5.67. The summed E-state index contributed by atoms with van der Waals surface area (Å²) in [6, 6.07) is 16.5. The Labute approximate surface area is 136 Å². The van der Waals surface area contributed by atoms with E-state index in [1.54, 1.807) is 0 Å². The standard InChI is InChI=1S/C20H21N2O/c1-21(2)17-14-12-16(13-15-17)8-4-7-11-20-22(3)18-9-5-6-10-19(18)23-20/h4-15H,1-3H3/q+1. The van der Waals surface area contributed by atoms with Gasteiger partial charge in [0.25, 0.3) is 5.52 Å². The number of hydrogen-bond donors (Lipinski definition) is 0. The molecule has 0 saturated carbocycles. The van der Waals surface area contributed by atoms with Gasteiger partial charge in [-0.3, -0.25) is 0 Å². The molecule has 23 heavy (non-hydrogen) atoms. The fourth-order valence-corrected chi connectivity index (χ4v) is 2.45. The number of oxazole rings is 1. The van der Waals surface area contributed by atoms with Gasteiger partial charge in [-0.2, -0.15) is 4.57 Å². The third-order valence-electron chi connectivity index (χ3n) is 3.82. The van der Waals surface area contributed by atoms with E-state index >= 15 is 0 Å². The molecule has 0 amide bonds. The number of rotatable bonds is 4. The summed E-state index contributed by atoms with van der Waals surface area (Å²) < 4.78 is 7.88. The number of hydrogen-bond acceptors (Lipinski definition) is 2. The first-order valence-electron chi connectivity index (χ1n) is 7.65. The summed E-state index contributed by atoms with van der Waals surface area (Å²) >= 11 is 0. The minimum atomic E-state index is 0.832. The number of benzene rings is 2. The van der Waals surface area contributed by atoms with Gasteiger partial charge in [-0.1, -0.05) is 42.5 Å². The van der Waals surface area contributed by atoms with Gasteiger partial charge in [0, 0.05) is 25.8 Å². The van der Waals surface area contributed by atoms with Gasteiger partial charge in [0.05, 0.1) is 6.08 Å². The third kappa shape index (κ3) is 3.34. The first-order chi connectivity index (χ1) is 11.1. The van der Waals surface area contributed by atoms with Gasteiger partial charge in [-0.05, 0) is 23.8 Å². The molecule has 0 saturated heterocycles. The van der Waals surface area contributed by atoms with E-state index in [0.717, 1.165) is 17.0 Å². The van der Waals surface area contributed by atoms with Crippen LogP contribution in [0.25, 0.3) is 23.3 Å². The molecule has 116 valence electrons. The van der Waals surface area contributed by atoms with E-state index in [-0.39, 0.29) is 0 Å². The fourth-order valence-electron chi connectivity index (χ4n) is 2.45. The molecule has 0 radical (unpaired) electrons. The normalized spacial score (nSPS) is 11.8. The highest BCUT2D eigenvalue weighted by molar-refractivity contribution is 5.69. The van der Waals surface area contributed by atoms with Gasteiger partial charge in [0.1, 0.15) is 7.05 Å². The maximum Gasteiger partial charge on any atom is 0.373 e. The van der Waals surface area contributed by atoms with Crippen LogP contribution in [0.2, 0.25) is 0 Å². The minimum absolute atomic E-state index is 0.832. The average molecular weight is 305 g/mol. The van der Waals surface area contributed by atoms with E-state index in [2.05, 4.69) is 41.3 Å². The van der Waals surface area contributed by atoms with Gasteiger partial charge < -0.3 is 9.32 Å². The quantitative estimate of drug-likeness (QED) is 0.535. The van der Waals surface area contributed by atoms with Crippen molar-refractivity contribution < 1.29 is 8.98 Å². The van der Waals surface area contributed by atoms with E-state index < -0.39 is 0 Å². The van der Waals surface area contributed by atoms with Crippen LogP contribution in [0.5, 0.6) is 0 Å². The molecule has 1 heterocycles. The Morgan fingerprint density at radius 1 is 0.913 bits per heavy atom. The van der Waals surface area contributed by atoms with Crippen LogP contribution in [-0.2, 0) is 7.05 Å². The van der Waals surface area contributed by atoms with E-state index in [1.807, 2.05) is 62.1 Å². The van der Waals surface area contributed by atoms with Gasteiger partial charge in [0.2, 0.25) is 5.58 Å². The molecule has 1 aromatic heterocycles. The monoisotopic (exact) mass is 305 g/mol. The molecule has 3 nitrogen and oxygen atoms in total. The van der Waals surface area contributed by atoms with Crippen molar-refractivity contribution in [2.45, 2.75) is 0 Å². The van der Waals surface area contributed by atoms with Crippen LogP contribution in [-0.4, -0.2) is 14.1 Å². The lowest BCUT2D eigenvalue weighted by Gasteiger charge is -2.11. The molecule has 0 N–H and O–H groups in total. The number of anilines is 1. The lowest BCUT2D eigenvalue weighted by molar-refractivity contribution is -0.652. The zero-order chi connectivity index (χ0) is 16.2. The van der Waals surface area contributed by atoms with Crippen LogP contribution in [0, 0.1) is 0 Å². The Bertz CT molecular complexity index is 855.